The number of methoxy groups -OCH3 is 1. The predicted molar refractivity (Wildman–Crippen MR) is 66.3 cm³/mol. The minimum Gasteiger partial charge on any atom is -0.496 e. The number of amidine groups is 1. The van der Waals surface area contributed by atoms with Gasteiger partial charge in [-0.2, -0.15) is 5.10 Å². The highest BCUT2D eigenvalue weighted by Crippen LogP contribution is 2.24. The molecule has 88 valence electrons. The number of benzene rings is 1. The van der Waals surface area contributed by atoms with Gasteiger partial charge in [0.15, 0.2) is 5.84 Å². The molecule has 5 N–H and O–H groups in total. The number of nitrogens with one attached hydrogen (secondary N) is 1. The second kappa shape index (κ2) is 4.67. The zero-order chi connectivity index (χ0) is 12.3. The summed E-state index contributed by atoms with van der Waals surface area (Å²) in [6, 6.07) is 7.35. The Morgan fingerprint density at radius 3 is 2.88 bits per heavy atom. The fourth-order valence-corrected chi connectivity index (χ4v) is 1.64. The van der Waals surface area contributed by atoms with Crippen LogP contribution in [0.2, 0.25) is 0 Å². The first-order chi connectivity index (χ1) is 8.30. The van der Waals surface area contributed by atoms with E-state index in [-0.39, 0.29) is 0 Å². The van der Waals surface area contributed by atoms with Crippen LogP contribution in [-0.4, -0.2) is 17.9 Å². The van der Waals surface area contributed by atoms with Crippen LogP contribution >= 0.6 is 0 Å². The van der Waals surface area contributed by atoms with Gasteiger partial charge in [-0.3, -0.25) is 4.98 Å². The number of hydrazone groups is 1. The van der Waals surface area contributed by atoms with Crippen LogP contribution in [0, 0.1) is 0 Å². The molecule has 6 heteroatoms. The monoisotopic (exact) mass is 231 g/mol. The summed E-state index contributed by atoms with van der Waals surface area (Å²) >= 11 is 0. The average molecular weight is 231 g/mol. The summed E-state index contributed by atoms with van der Waals surface area (Å²) in [4.78, 5) is 4.24. The zero-order valence-corrected chi connectivity index (χ0v) is 9.34. The first kappa shape index (κ1) is 11.2. The highest BCUT2D eigenvalue weighted by molar-refractivity contribution is 6.02. The van der Waals surface area contributed by atoms with Crippen molar-refractivity contribution in [2.24, 2.45) is 16.8 Å². The number of nitrogens with zero attached hydrogens (tertiary/aromatic N) is 2. The Balaban J connectivity index is 2.63. The summed E-state index contributed by atoms with van der Waals surface area (Å²) in [5, 5.41) is 4.44. The summed E-state index contributed by atoms with van der Waals surface area (Å²) in [6.45, 7) is 0. The topological polar surface area (TPSA) is 98.5 Å². The van der Waals surface area contributed by atoms with Gasteiger partial charge >= 0.3 is 0 Å². The van der Waals surface area contributed by atoms with Crippen molar-refractivity contribution in [2.45, 2.75) is 0 Å². The molecule has 2 aromatic rings. The number of pyridine rings is 1. The highest BCUT2D eigenvalue weighted by Gasteiger charge is 2.06. The van der Waals surface area contributed by atoms with Gasteiger partial charge in [0, 0.05) is 17.1 Å². The quantitative estimate of drug-likeness (QED) is 0.299. The Morgan fingerprint density at radius 2 is 2.24 bits per heavy atom. The molecule has 17 heavy (non-hydrogen) atoms. The molecule has 1 aromatic carbocycles. The van der Waals surface area contributed by atoms with Gasteiger partial charge in [0.25, 0.3) is 0 Å². The van der Waals surface area contributed by atoms with Crippen molar-refractivity contribution in [3.05, 3.63) is 36.0 Å². The highest BCUT2D eigenvalue weighted by atomic mass is 16.5. The summed E-state index contributed by atoms with van der Waals surface area (Å²) in [6.07, 6.45) is 1.69. The number of aromatic nitrogens is 1. The van der Waals surface area contributed by atoms with Gasteiger partial charge in [0.05, 0.1) is 12.6 Å². The van der Waals surface area contributed by atoms with Crippen molar-refractivity contribution in [3.8, 4) is 5.75 Å². The first-order valence-electron chi connectivity index (χ1n) is 4.97. The second-order valence-electron chi connectivity index (χ2n) is 3.37. The van der Waals surface area contributed by atoms with Crippen LogP contribution in [0.4, 0.5) is 0 Å². The number of hydrazine groups is 1. The van der Waals surface area contributed by atoms with Crippen molar-refractivity contribution in [3.63, 3.8) is 0 Å². The number of fused-ring (bicyclic) bond motifs is 1. The summed E-state index contributed by atoms with van der Waals surface area (Å²) < 4.78 is 5.27. The van der Waals surface area contributed by atoms with Crippen molar-refractivity contribution in [2.75, 3.05) is 7.11 Å². The van der Waals surface area contributed by atoms with Crippen molar-refractivity contribution < 1.29 is 4.74 Å². The maximum Gasteiger partial charge on any atom is 0.166 e. The van der Waals surface area contributed by atoms with E-state index in [1.807, 2.05) is 18.2 Å². The summed E-state index contributed by atoms with van der Waals surface area (Å²) in [7, 11) is 1.61. The van der Waals surface area contributed by atoms with Gasteiger partial charge in [-0.25, -0.2) is 5.84 Å². The lowest BCUT2D eigenvalue weighted by Crippen LogP contribution is -2.32. The molecule has 0 unspecified atom stereocenters. The van der Waals surface area contributed by atoms with Gasteiger partial charge < -0.3 is 16.0 Å². The lowest BCUT2D eigenvalue weighted by Gasteiger charge is -2.08. The second-order valence-corrected chi connectivity index (χ2v) is 3.37. The van der Waals surface area contributed by atoms with Crippen LogP contribution in [0.3, 0.4) is 0 Å². The van der Waals surface area contributed by atoms with Gasteiger partial charge in [-0.05, 0) is 24.3 Å². The number of ether oxygens (including phenoxy) is 1. The summed E-state index contributed by atoms with van der Waals surface area (Å²) in [5.41, 5.74) is 4.04. The molecule has 0 aliphatic heterocycles. The minimum atomic E-state index is 0.401. The number of hydrogen-bond donors (Lipinski definition) is 3. The van der Waals surface area contributed by atoms with E-state index < -0.39 is 0 Å². The molecule has 0 bridgehead atoms. The molecule has 6 nitrogen and oxygen atoms in total. The minimum absolute atomic E-state index is 0.401. The molecule has 0 atom stereocenters. The van der Waals surface area contributed by atoms with Crippen molar-refractivity contribution in [1.29, 1.82) is 0 Å². The SMILES string of the molecule is COc1ccnc2ccc(/C(=N/N)NN)cc12. The van der Waals surface area contributed by atoms with Gasteiger partial charge in [0.2, 0.25) is 0 Å². The number of nitrogens with two attached hydrogens (primary N) is 2. The molecule has 2 rings (SSSR count). The first-order valence-corrected chi connectivity index (χ1v) is 4.97. The molecule has 0 saturated carbocycles. The molecule has 0 spiro atoms. The average Bonchev–Trinajstić information content (AvgIpc) is 2.39. The molecule has 0 saturated heterocycles. The number of hydrogen-bond acceptors (Lipinski definition) is 5. The molecule has 1 aromatic heterocycles. The molecule has 0 amide bonds. The normalized spacial score (nSPS) is 11.5. The van der Waals surface area contributed by atoms with Crippen LogP contribution < -0.4 is 21.8 Å². The van der Waals surface area contributed by atoms with Crippen molar-refractivity contribution >= 4 is 16.7 Å². The Bertz CT molecular complexity index is 567. The summed E-state index contributed by atoms with van der Waals surface area (Å²) in [5.74, 6) is 11.7. The standard InChI is InChI=1S/C11H13N5O/c1-17-10-4-5-14-9-3-2-7(6-8(9)10)11(15-12)16-13/h2-6H,12-13H2,1H3,(H,15,16). The van der Waals surface area contributed by atoms with Gasteiger partial charge in [-0.15, -0.1) is 0 Å². The third-order valence-corrected chi connectivity index (χ3v) is 2.46. The van der Waals surface area contributed by atoms with E-state index in [0.717, 1.165) is 22.2 Å². The molecule has 0 aliphatic carbocycles. The molecule has 0 fully saturated rings. The third-order valence-electron chi connectivity index (χ3n) is 2.46. The Hall–Kier alpha value is -2.34. The Labute approximate surface area is 98.2 Å². The van der Waals surface area contributed by atoms with Crippen LogP contribution in [0.25, 0.3) is 10.9 Å². The van der Waals surface area contributed by atoms with E-state index in [1.165, 1.54) is 0 Å². The van der Waals surface area contributed by atoms with E-state index in [1.54, 1.807) is 19.4 Å². The van der Waals surface area contributed by atoms with Crippen LogP contribution in [-0.2, 0) is 0 Å². The maximum atomic E-state index is 5.32. The molecule has 0 aliphatic rings. The molecular formula is C11H13N5O. The molecule has 1 heterocycles. The maximum absolute atomic E-state index is 5.32. The number of rotatable bonds is 2. The van der Waals surface area contributed by atoms with E-state index >= 15 is 0 Å². The smallest absolute Gasteiger partial charge is 0.166 e. The van der Waals surface area contributed by atoms with E-state index in [4.69, 9.17) is 16.4 Å². The fourth-order valence-electron chi connectivity index (χ4n) is 1.64. The Morgan fingerprint density at radius 1 is 1.41 bits per heavy atom. The zero-order valence-electron chi connectivity index (χ0n) is 9.34. The van der Waals surface area contributed by atoms with Crippen LogP contribution in [0.1, 0.15) is 5.56 Å². The molecule has 0 radical (unpaired) electrons. The van der Waals surface area contributed by atoms with E-state index in [2.05, 4.69) is 15.5 Å². The van der Waals surface area contributed by atoms with Gasteiger partial charge in [0.1, 0.15) is 5.75 Å². The lowest BCUT2D eigenvalue weighted by molar-refractivity contribution is 0.419. The lowest BCUT2D eigenvalue weighted by atomic mass is 10.1. The van der Waals surface area contributed by atoms with Crippen molar-refractivity contribution in [1.82, 2.24) is 10.4 Å². The largest absolute Gasteiger partial charge is 0.496 e. The van der Waals surface area contributed by atoms with Crippen LogP contribution in [0.5, 0.6) is 5.75 Å². The fraction of sp³-hybridized carbons (Fsp3) is 0.0909. The molecular weight excluding hydrogens is 218 g/mol. The van der Waals surface area contributed by atoms with Crippen LogP contribution in [0.15, 0.2) is 35.6 Å². The Kier molecular flexibility index (Phi) is 3.06. The third kappa shape index (κ3) is 1.98. The predicted octanol–water partition coefficient (Wildman–Crippen LogP) is 0.327. The van der Waals surface area contributed by atoms with E-state index in [9.17, 15) is 0 Å². The van der Waals surface area contributed by atoms with Gasteiger partial charge in [-0.1, -0.05) is 0 Å². The van der Waals surface area contributed by atoms with E-state index in [0.29, 0.717) is 5.84 Å².